The number of likely N-dealkylation sites (tertiary alicyclic amines) is 1. The lowest BCUT2D eigenvalue weighted by Crippen LogP contribution is -2.24. The molecule has 1 saturated carbocycles. The highest BCUT2D eigenvalue weighted by molar-refractivity contribution is 5.79. The first kappa shape index (κ1) is 16.2. The smallest absolute Gasteiger partial charge is 0.232 e. The molecular formula is C19H24N4O2. The average Bonchev–Trinajstić information content (AvgIpc) is 3.31. The van der Waals surface area contributed by atoms with E-state index in [0.717, 1.165) is 17.9 Å². The molecule has 1 saturated heterocycles. The zero-order valence-corrected chi connectivity index (χ0v) is 14.6. The molecular weight excluding hydrogens is 316 g/mol. The van der Waals surface area contributed by atoms with Gasteiger partial charge in [-0.05, 0) is 30.4 Å². The summed E-state index contributed by atoms with van der Waals surface area (Å²) in [7, 11) is 0. The highest BCUT2D eigenvalue weighted by Gasteiger charge is 2.35. The van der Waals surface area contributed by atoms with Crippen LogP contribution in [0.15, 0.2) is 28.9 Å². The molecule has 6 nitrogen and oxygen atoms in total. The van der Waals surface area contributed by atoms with Gasteiger partial charge >= 0.3 is 0 Å². The van der Waals surface area contributed by atoms with Gasteiger partial charge in [-0.15, -0.1) is 0 Å². The van der Waals surface area contributed by atoms with E-state index < -0.39 is 0 Å². The Morgan fingerprint density at radius 2 is 2.16 bits per heavy atom. The second-order valence-corrected chi connectivity index (χ2v) is 7.74. The number of amides is 1. The lowest BCUT2D eigenvalue weighted by Gasteiger charge is -2.20. The fourth-order valence-corrected chi connectivity index (χ4v) is 4.07. The van der Waals surface area contributed by atoms with Crippen LogP contribution in [0.2, 0.25) is 0 Å². The molecule has 0 aromatic carbocycles. The van der Waals surface area contributed by atoms with E-state index >= 15 is 0 Å². The number of pyridine rings is 1. The van der Waals surface area contributed by atoms with E-state index in [1.807, 2.05) is 23.1 Å². The van der Waals surface area contributed by atoms with Crippen molar-refractivity contribution in [3.63, 3.8) is 0 Å². The van der Waals surface area contributed by atoms with Gasteiger partial charge in [0.25, 0.3) is 0 Å². The van der Waals surface area contributed by atoms with Crippen molar-refractivity contribution in [3.05, 3.63) is 41.8 Å². The van der Waals surface area contributed by atoms with Gasteiger partial charge in [0.15, 0.2) is 5.82 Å². The normalized spacial score (nSPS) is 22.7. The largest absolute Gasteiger partial charge is 0.339 e. The van der Waals surface area contributed by atoms with Crippen molar-refractivity contribution in [3.8, 4) is 0 Å². The van der Waals surface area contributed by atoms with Crippen LogP contribution in [0.25, 0.3) is 0 Å². The molecule has 2 aromatic heterocycles. The number of carbonyl (C=O) groups is 1. The summed E-state index contributed by atoms with van der Waals surface area (Å²) >= 11 is 0. The van der Waals surface area contributed by atoms with Crippen LogP contribution >= 0.6 is 0 Å². The van der Waals surface area contributed by atoms with Gasteiger partial charge in [-0.1, -0.05) is 31.0 Å². The van der Waals surface area contributed by atoms with Gasteiger partial charge in [-0.2, -0.15) is 4.98 Å². The van der Waals surface area contributed by atoms with Crippen molar-refractivity contribution in [2.75, 3.05) is 6.54 Å². The summed E-state index contributed by atoms with van der Waals surface area (Å²) in [6.45, 7) is 3.47. The maximum absolute atomic E-state index is 12.3. The van der Waals surface area contributed by atoms with E-state index in [0.29, 0.717) is 30.8 Å². The summed E-state index contributed by atoms with van der Waals surface area (Å²) in [5.74, 6) is 1.51. The van der Waals surface area contributed by atoms with Crippen LogP contribution in [0.5, 0.6) is 0 Å². The Labute approximate surface area is 147 Å². The molecule has 1 atom stereocenters. The van der Waals surface area contributed by atoms with Crippen LogP contribution in [0.4, 0.5) is 0 Å². The fraction of sp³-hybridized carbons (Fsp3) is 0.579. The average molecular weight is 340 g/mol. The van der Waals surface area contributed by atoms with Crippen molar-refractivity contribution in [2.24, 2.45) is 5.41 Å². The molecule has 0 bridgehead atoms. The highest BCUT2D eigenvalue weighted by Crippen LogP contribution is 2.40. The Morgan fingerprint density at radius 1 is 1.32 bits per heavy atom. The van der Waals surface area contributed by atoms with Crippen LogP contribution in [-0.4, -0.2) is 32.5 Å². The monoisotopic (exact) mass is 340 g/mol. The number of aromatic nitrogens is 3. The SMILES string of the molecule is CC1(Cc2noc(C3CC(=O)N(Cc4ccccn4)C3)n2)CCCC1. The van der Waals surface area contributed by atoms with Gasteiger partial charge in [0, 0.05) is 25.6 Å². The fourth-order valence-electron chi connectivity index (χ4n) is 4.07. The summed E-state index contributed by atoms with van der Waals surface area (Å²) in [5.41, 5.74) is 1.20. The Hall–Kier alpha value is -2.24. The minimum Gasteiger partial charge on any atom is -0.339 e. The summed E-state index contributed by atoms with van der Waals surface area (Å²) in [6.07, 6.45) is 8.11. The van der Waals surface area contributed by atoms with E-state index in [9.17, 15) is 4.79 Å². The first-order chi connectivity index (χ1) is 12.1. The summed E-state index contributed by atoms with van der Waals surface area (Å²) in [5, 5.41) is 4.18. The molecule has 4 rings (SSSR count). The van der Waals surface area contributed by atoms with E-state index in [1.54, 1.807) is 6.20 Å². The quantitative estimate of drug-likeness (QED) is 0.836. The maximum Gasteiger partial charge on any atom is 0.232 e. The van der Waals surface area contributed by atoms with Gasteiger partial charge in [0.1, 0.15) is 0 Å². The molecule has 3 heterocycles. The van der Waals surface area contributed by atoms with Gasteiger partial charge < -0.3 is 9.42 Å². The molecule has 0 spiro atoms. The summed E-state index contributed by atoms with van der Waals surface area (Å²) < 4.78 is 5.50. The highest BCUT2D eigenvalue weighted by atomic mass is 16.5. The lowest BCUT2D eigenvalue weighted by atomic mass is 9.85. The van der Waals surface area contributed by atoms with Crippen LogP contribution in [0.1, 0.15) is 62.4 Å². The van der Waals surface area contributed by atoms with Crippen LogP contribution < -0.4 is 0 Å². The first-order valence-electron chi connectivity index (χ1n) is 9.11. The minimum absolute atomic E-state index is 0.00570. The molecule has 0 radical (unpaired) electrons. The molecule has 1 unspecified atom stereocenters. The van der Waals surface area contributed by atoms with Crippen molar-refractivity contribution in [1.82, 2.24) is 20.0 Å². The van der Waals surface area contributed by atoms with Gasteiger partial charge in [-0.3, -0.25) is 9.78 Å². The summed E-state index contributed by atoms with van der Waals surface area (Å²) in [4.78, 5) is 23.0. The van der Waals surface area contributed by atoms with Gasteiger partial charge in [0.2, 0.25) is 11.8 Å². The Bertz CT molecular complexity index is 737. The topological polar surface area (TPSA) is 72.1 Å². The second-order valence-electron chi connectivity index (χ2n) is 7.74. The van der Waals surface area contributed by atoms with Crippen molar-refractivity contribution in [2.45, 2.75) is 57.9 Å². The number of hydrogen-bond donors (Lipinski definition) is 0. The van der Waals surface area contributed by atoms with E-state index in [-0.39, 0.29) is 11.8 Å². The van der Waals surface area contributed by atoms with E-state index in [1.165, 1.54) is 25.7 Å². The third kappa shape index (κ3) is 3.57. The number of carbonyl (C=O) groups excluding carboxylic acids is 1. The molecule has 0 N–H and O–H groups in total. The maximum atomic E-state index is 12.3. The zero-order valence-electron chi connectivity index (χ0n) is 14.6. The predicted octanol–water partition coefficient (Wildman–Crippen LogP) is 3.10. The van der Waals surface area contributed by atoms with Crippen molar-refractivity contribution < 1.29 is 9.32 Å². The molecule has 25 heavy (non-hydrogen) atoms. The standard InChI is InChI=1S/C19H24N4O2/c1-19(7-3-4-8-19)11-16-21-18(25-22-16)14-10-17(24)23(12-14)13-15-6-2-5-9-20-15/h2,5-6,9,14H,3-4,7-8,10-13H2,1H3. The molecule has 132 valence electrons. The Morgan fingerprint density at radius 3 is 2.92 bits per heavy atom. The second kappa shape index (κ2) is 6.58. The van der Waals surface area contributed by atoms with Crippen LogP contribution in [0.3, 0.4) is 0 Å². The van der Waals surface area contributed by atoms with Gasteiger partial charge in [0.05, 0.1) is 18.2 Å². The van der Waals surface area contributed by atoms with Crippen molar-refractivity contribution >= 4 is 5.91 Å². The summed E-state index contributed by atoms with van der Waals surface area (Å²) in [6, 6.07) is 5.75. The third-order valence-corrected chi connectivity index (χ3v) is 5.52. The molecule has 2 aromatic rings. The third-order valence-electron chi connectivity index (χ3n) is 5.52. The zero-order chi connectivity index (χ0) is 17.3. The molecule has 1 aliphatic carbocycles. The molecule has 6 heteroatoms. The molecule has 1 amide bonds. The number of hydrogen-bond acceptors (Lipinski definition) is 5. The molecule has 2 aliphatic rings. The number of rotatable bonds is 5. The van der Waals surface area contributed by atoms with Crippen molar-refractivity contribution in [1.29, 1.82) is 0 Å². The lowest BCUT2D eigenvalue weighted by molar-refractivity contribution is -0.128. The Balaban J connectivity index is 1.40. The predicted molar refractivity (Wildman–Crippen MR) is 91.6 cm³/mol. The Kier molecular flexibility index (Phi) is 4.27. The van der Waals surface area contributed by atoms with Crippen LogP contribution in [0, 0.1) is 5.41 Å². The molecule has 2 fully saturated rings. The van der Waals surface area contributed by atoms with Gasteiger partial charge in [-0.25, -0.2) is 0 Å². The van der Waals surface area contributed by atoms with Crippen LogP contribution in [-0.2, 0) is 17.8 Å². The first-order valence-corrected chi connectivity index (χ1v) is 9.11. The van der Waals surface area contributed by atoms with E-state index in [2.05, 4.69) is 22.0 Å². The minimum atomic E-state index is -0.00570. The number of nitrogens with zero attached hydrogens (tertiary/aromatic N) is 4. The molecule has 1 aliphatic heterocycles. The van der Waals surface area contributed by atoms with E-state index in [4.69, 9.17) is 4.52 Å².